The first kappa shape index (κ1) is 20.4. The van der Waals surface area contributed by atoms with E-state index in [9.17, 15) is 5.11 Å². The smallest absolute Gasteiger partial charge is 0.191 e. The fraction of sp³-hybridized carbons (Fsp3) is 0.684. The summed E-state index contributed by atoms with van der Waals surface area (Å²) in [5.74, 6) is 0.355. The van der Waals surface area contributed by atoms with Gasteiger partial charge in [0.1, 0.15) is 0 Å². The highest BCUT2D eigenvalue weighted by Crippen LogP contribution is 2.36. The summed E-state index contributed by atoms with van der Waals surface area (Å²) in [6, 6.07) is 10.2. The van der Waals surface area contributed by atoms with Crippen LogP contribution in [0.15, 0.2) is 30.3 Å². The first-order chi connectivity index (χ1) is 10.8. The summed E-state index contributed by atoms with van der Waals surface area (Å²) < 4.78 is 12.1. The van der Waals surface area contributed by atoms with Gasteiger partial charge in [0, 0.05) is 13.2 Å². The van der Waals surface area contributed by atoms with E-state index in [1.807, 2.05) is 18.2 Å². The Morgan fingerprint density at radius 3 is 2.30 bits per heavy atom. The number of hydrogen-bond acceptors (Lipinski definition) is 3. The van der Waals surface area contributed by atoms with Crippen LogP contribution in [0, 0.1) is 5.92 Å². The second-order valence-electron chi connectivity index (χ2n) is 7.78. The van der Waals surface area contributed by atoms with Gasteiger partial charge in [-0.1, -0.05) is 51.1 Å². The maximum absolute atomic E-state index is 9.25. The van der Waals surface area contributed by atoms with Crippen LogP contribution in [0.25, 0.3) is 0 Å². The molecule has 1 rings (SSSR count). The number of rotatable bonds is 10. The van der Waals surface area contributed by atoms with E-state index in [4.69, 9.17) is 9.16 Å². The molecule has 1 atom stereocenters. The van der Waals surface area contributed by atoms with E-state index in [1.54, 1.807) is 0 Å². The summed E-state index contributed by atoms with van der Waals surface area (Å²) in [5.41, 5.74) is 1.19. The molecule has 0 radical (unpaired) electrons. The highest BCUT2D eigenvalue weighted by molar-refractivity contribution is 6.74. The molecule has 4 heteroatoms. The van der Waals surface area contributed by atoms with Crippen molar-refractivity contribution in [2.24, 2.45) is 5.92 Å². The third-order valence-electron chi connectivity index (χ3n) is 4.80. The molecule has 1 N–H and O–H groups in total. The molecule has 0 aliphatic heterocycles. The first-order valence-corrected chi connectivity index (χ1v) is 11.5. The van der Waals surface area contributed by atoms with Crippen LogP contribution >= 0.6 is 0 Å². The Balaban J connectivity index is 2.34. The van der Waals surface area contributed by atoms with Crippen molar-refractivity contribution >= 4 is 8.32 Å². The second-order valence-corrected chi connectivity index (χ2v) is 12.6. The molecular formula is C19H34O3Si. The van der Waals surface area contributed by atoms with E-state index in [-0.39, 0.29) is 11.6 Å². The Morgan fingerprint density at radius 2 is 1.74 bits per heavy atom. The van der Waals surface area contributed by atoms with Gasteiger partial charge in [-0.05, 0) is 42.5 Å². The maximum atomic E-state index is 9.25. The molecule has 1 aromatic carbocycles. The highest BCUT2D eigenvalue weighted by atomic mass is 28.4. The lowest BCUT2D eigenvalue weighted by molar-refractivity contribution is 0.0673. The largest absolute Gasteiger partial charge is 0.417 e. The summed E-state index contributed by atoms with van der Waals surface area (Å²) in [6.07, 6.45) is 1.72. The monoisotopic (exact) mass is 338 g/mol. The van der Waals surface area contributed by atoms with E-state index in [1.165, 1.54) is 5.56 Å². The van der Waals surface area contributed by atoms with Crippen molar-refractivity contribution in [1.82, 2.24) is 0 Å². The van der Waals surface area contributed by atoms with E-state index >= 15 is 0 Å². The average Bonchev–Trinajstić information content (AvgIpc) is 2.47. The molecule has 23 heavy (non-hydrogen) atoms. The lowest BCUT2D eigenvalue weighted by atomic mass is 10.0. The van der Waals surface area contributed by atoms with E-state index in [2.05, 4.69) is 46.0 Å². The number of benzene rings is 1. The molecular weight excluding hydrogens is 304 g/mol. The van der Waals surface area contributed by atoms with Gasteiger partial charge in [-0.2, -0.15) is 0 Å². The predicted molar refractivity (Wildman–Crippen MR) is 99.1 cm³/mol. The van der Waals surface area contributed by atoms with Crippen molar-refractivity contribution in [2.45, 2.75) is 58.4 Å². The molecule has 3 nitrogen and oxygen atoms in total. The van der Waals surface area contributed by atoms with Crippen LogP contribution in [0.1, 0.15) is 39.2 Å². The lowest BCUT2D eigenvalue weighted by Gasteiger charge is -2.36. The van der Waals surface area contributed by atoms with E-state index in [0.717, 1.165) is 19.4 Å². The normalized spacial score (nSPS) is 14.0. The van der Waals surface area contributed by atoms with E-state index < -0.39 is 8.32 Å². The van der Waals surface area contributed by atoms with Crippen molar-refractivity contribution < 1.29 is 14.3 Å². The SMILES string of the molecule is CC(C)(C)[Si](C)(C)OCCC(CCO)COCc1ccccc1. The van der Waals surface area contributed by atoms with E-state index in [0.29, 0.717) is 19.1 Å². The van der Waals surface area contributed by atoms with Gasteiger partial charge in [0.05, 0.1) is 13.2 Å². The Kier molecular flexibility index (Phi) is 8.48. The van der Waals surface area contributed by atoms with Crippen molar-refractivity contribution in [3.05, 3.63) is 35.9 Å². The summed E-state index contributed by atoms with van der Waals surface area (Å²) in [7, 11) is -1.68. The molecule has 132 valence electrons. The predicted octanol–water partition coefficient (Wildman–Crippen LogP) is 4.61. The molecule has 0 aliphatic rings. The topological polar surface area (TPSA) is 38.7 Å². The minimum Gasteiger partial charge on any atom is -0.417 e. The zero-order valence-corrected chi connectivity index (χ0v) is 16.5. The quantitative estimate of drug-likeness (QED) is 0.633. The molecule has 0 spiro atoms. The van der Waals surface area contributed by atoms with Crippen LogP contribution in [0.3, 0.4) is 0 Å². The van der Waals surface area contributed by atoms with Gasteiger partial charge in [-0.3, -0.25) is 0 Å². The van der Waals surface area contributed by atoms with Crippen molar-refractivity contribution in [1.29, 1.82) is 0 Å². The van der Waals surface area contributed by atoms with Crippen LogP contribution in [0.2, 0.25) is 18.1 Å². The third-order valence-corrected chi connectivity index (χ3v) is 9.34. The molecule has 0 saturated heterocycles. The summed E-state index contributed by atoms with van der Waals surface area (Å²) in [4.78, 5) is 0. The minimum absolute atomic E-state index is 0.208. The van der Waals surface area contributed by atoms with Gasteiger partial charge in [0.2, 0.25) is 0 Å². The minimum atomic E-state index is -1.68. The van der Waals surface area contributed by atoms with Gasteiger partial charge in [-0.25, -0.2) is 0 Å². The highest BCUT2D eigenvalue weighted by Gasteiger charge is 2.36. The fourth-order valence-electron chi connectivity index (χ4n) is 2.11. The van der Waals surface area contributed by atoms with Crippen LogP contribution in [-0.2, 0) is 15.8 Å². The Hall–Kier alpha value is -0.683. The van der Waals surface area contributed by atoms with Crippen LogP contribution in [-0.4, -0.2) is 33.2 Å². The molecule has 1 unspecified atom stereocenters. The van der Waals surface area contributed by atoms with Crippen LogP contribution in [0.5, 0.6) is 0 Å². The third kappa shape index (κ3) is 7.62. The Bertz CT molecular complexity index is 426. The summed E-state index contributed by atoms with van der Waals surface area (Å²) in [6.45, 7) is 13.6. The Labute approximate surface area is 143 Å². The molecule has 0 fully saturated rings. The Morgan fingerprint density at radius 1 is 1.09 bits per heavy atom. The molecule has 0 amide bonds. The number of hydrogen-bond donors (Lipinski definition) is 1. The van der Waals surface area contributed by atoms with Crippen molar-refractivity contribution in [3.8, 4) is 0 Å². The zero-order valence-electron chi connectivity index (χ0n) is 15.5. The fourth-order valence-corrected chi connectivity index (χ4v) is 3.17. The van der Waals surface area contributed by atoms with Crippen molar-refractivity contribution in [2.75, 3.05) is 19.8 Å². The molecule has 0 heterocycles. The molecule has 0 bridgehead atoms. The molecule has 1 aromatic rings. The molecule has 0 aromatic heterocycles. The van der Waals surface area contributed by atoms with Gasteiger partial charge in [0.25, 0.3) is 0 Å². The standard InChI is InChI=1S/C19H34O3Si/c1-19(2,3)23(4,5)22-14-12-18(11-13-20)16-21-15-17-9-7-6-8-10-17/h6-10,18,20H,11-16H2,1-5H3. The number of ether oxygens (including phenoxy) is 1. The van der Waals surface area contributed by atoms with Crippen LogP contribution in [0.4, 0.5) is 0 Å². The maximum Gasteiger partial charge on any atom is 0.191 e. The first-order valence-electron chi connectivity index (χ1n) is 8.63. The van der Waals surface area contributed by atoms with Crippen molar-refractivity contribution in [3.63, 3.8) is 0 Å². The molecule has 0 aliphatic carbocycles. The van der Waals surface area contributed by atoms with Gasteiger partial charge < -0.3 is 14.3 Å². The van der Waals surface area contributed by atoms with Crippen LogP contribution < -0.4 is 0 Å². The lowest BCUT2D eigenvalue weighted by Crippen LogP contribution is -2.41. The summed E-state index contributed by atoms with van der Waals surface area (Å²) >= 11 is 0. The second kappa shape index (κ2) is 9.57. The number of aliphatic hydroxyl groups excluding tert-OH is 1. The molecule has 0 saturated carbocycles. The van der Waals surface area contributed by atoms with Gasteiger partial charge >= 0.3 is 0 Å². The summed E-state index contributed by atoms with van der Waals surface area (Å²) in [5, 5.41) is 9.49. The number of aliphatic hydroxyl groups is 1. The van der Waals surface area contributed by atoms with Gasteiger partial charge in [0.15, 0.2) is 8.32 Å². The zero-order chi connectivity index (χ0) is 17.3. The average molecular weight is 339 g/mol. The van der Waals surface area contributed by atoms with Gasteiger partial charge in [-0.15, -0.1) is 0 Å².